The first-order valence-corrected chi connectivity index (χ1v) is 9.27. The topological polar surface area (TPSA) is 24.3 Å². The predicted molar refractivity (Wildman–Crippen MR) is 96.4 cm³/mol. The largest absolute Gasteiger partial charge is 0.299 e. The molecule has 1 aromatic carbocycles. The second kappa shape index (κ2) is 6.89. The van der Waals surface area contributed by atoms with Crippen molar-refractivity contribution in [1.29, 1.82) is 0 Å². The first kappa shape index (κ1) is 16.7. The quantitative estimate of drug-likeness (QED) is 0.853. The third-order valence-electron chi connectivity index (χ3n) is 5.89. The molecule has 2 saturated heterocycles. The van der Waals surface area contributed by atoms with Gasteiger partial charge in [0.1, 0.15) is 5.82 Å². The minimum atomic E-state index is -0.132. The van der Waals surface area contributed by atoms with Crippen molar-refractivity contribution in [3.63, 3.8) is 0 Å². The lowest BCUT2D eigenvalue weighted by molar-refractivity contribution is 0.102. The number of aryl methyl sites for hydroxylation is 1. The van der Waals surface area contributed by atoms with Gasteiger partial charge < -0.3 is 0 Å². The number of hydrogen-bond acceptors (Lipinski definition) is 3. The number of likely N-dealkylation sites (tertiary alicyclic amines) is 2. The van der Waals surface area contributed by atoms with Crippen LogP contribution >= 0.6 is 0 Å². The summed E-state index contributed by atoms with van der Waals surface area (Å²) in [6, 6.07) is 7.02. The Bertz CT molecular complexity index is 718. The lowest BCUT2D eigenvalue weighted by atomic mass is 9.77. The van der Waals surface area contributed by atoms with E-state index >= 15 is 0 Å². The van der Waals surface area contributed by atoms with Crippen LogP contribution in [0.25, 0.3) is 0 Å². The van der Waals surface area contributed by atoms with Crippen molar-refractivity contribution in [1.82, 2.24) is 19.6 Å². The fourth-order valence-corrected chi connectivity index (χ4v) is 4.46. The van der Waals surface area contributed by atoms with Crippen molar-refractivity contribution in [2.75, 3.05) is 26.2 Å². The molecule has 4 rings (SSSR count). The van der Waals surface area contributed by atoms with Crippen molar-refractivity contribution in [3.05, 3.63) is 53.6 Å². The number of piperidine rings is 1. The van der Waals surface area contributed by atoms with Gasteiger partial charge in [0.25, 0.3) is 0 Å². The van der Waals surface area contributed by atoms with Gasteiger partial charge in [0.05, 0.1) is 6.20 Å². The van der Waals surface area contributed by atoms with E-state index in [4.69, 9.17) is 0 Å². The number of aromatic nitrogens is 2. The van der Waals surface area contributed by atoms with Crippen molar-refractivity contribution in [2.24, 2.45) is 12.5 Å². The van der Waals surface area contributed by atoms with Crippen LogP contribution in [0.3, 0.4) is 0 Å². The van der Waals surface area contributed by atoms with E-state index in [9.17, 15) is 4.39 Å². The summed E-state index contributed by atoms with van der Waals surface area (Å²) >= 11 is 0. The number of halogens is 1. The molecule has 2 aromatic rings. The normalized spacial score (nSPS) is 21.2. The number of hydrogen-bond donors (Lipinski definition) is 0. The molecule has 2 fully saturated rings. The van der Waals surface area contributed by atoms with Gasteiger partial charge in [-0.25, -0.2) is 4.39 Å². The van der Waals surface area contributed by atoms with E-state index in [2.05, 4.69) is 21.1 Å². The highest BCUT2D eigenvalue weighted by molar-refractivity contribution is 5.16. The smallest absolute Gasteiger partial charge is 0.123 e. The highest BCUT2D eigenvalue weighted by Crippen LogP contribution is 2.41. The molecule has 0 radical (unpaired) electrons. The molecule has 25 heavy (non-hydrogen) atoms. The maximum absolute atomic E-state index is 13.4. The Balaban J connectivity index is 1.29. The Morgan fingerprint density at radius 3 is 2.44 bits per heavy atom. The zero-order valence-corrected chi connectivity index (χ0v) is 15.0. The molecule has 0 amide bonds. The molecule has 2 aliphatic heterocycles. The summed E-state index contributed by atoms with van der Waals surface area (Å²) in [7, 11) is 1.98. The maximum atomic E-state index is 13.4. The molecular formula is C20H27FN4. The molecule has 0 bridgehead atoms. The molecule has 0 aliphatic carbocycles. The number of benzene rings is 1. The minimum absolute atomic E-state index is 0.132. The third kappa shape index (κ3) is 3.93. The highest BCUT2D eigenvalue weighted by atomic mass is 19.1. The fraction of sp³-hybridized carbons (Fsp3) is 0.550. The van der Waals surface area contributed by atoms with Crippen LogP contribution in [0, 0.1) is 11.2 Å². The summed E-state index contributed by atoms with van der Waals surface area (Å²) < 4.78 is 15.2. The highest BCUT2D eigenvalue weighted by Gasteiger charge is 2.40. The molecule has 0 unspecified atom stereocenters. The molecule has 2 aliphatic rings. The van der Waals surface area contributed by atoms with Crippen molar-refractivity contribution in [2.45, 2.75) is 32.4 Å². The van der Waals surface area contributed by atoms with Gasteiger partial charge in [0.15, 0.2) is 0 Å². The van der Waals surface area contributed by atoms with E-state index in [-0.39, 0.29) is 5.82 Å². The van der Waals surface area contributed by atoms with Gasteiger partial charge in [0.2, 0.25) is 0 Å². The first-order chi connectivity index (χ1) is 12.1. The van der Waals surface area contributed by atoms with Crippen molar-refractivity contribution >= 4 is 0 Å². The first-order valence-electron chi connectivity index (χ1n) is 9.27. The van der Waals surface area contributed by atoms with E-state index in [1.807, 2.05) is 30.1 Å². The van der Waals surface area contributed by atoms with Crippen molar-refractivity contribution < 1.29 is 4.39 Å². The van der Waals surface area contributed by atoms with Gasteiger partial charge in [-0.05, 0) is 62.0 Å². The Morgan fingerprint density at radius 2 is 1.76 bits per heavy atom. The Kier molecular flexibility index (Phi) is 4.61. The van der Waals surface area contributed by atoms with Gasteiger partial charge in [-0.15, -0.1) is 0 Å². The summed E-state index contributed by atoms with van der Waals surface area (Å²) in [5, 5.41) is 4.28. The van der Waals surface area contributed by atoms with Crippen LogP contribution in [0.5, 0.6) is 0 Å². The standard InChI is InChI=1S/C20H27FN4/c1-23-13-18(12-22-23)15-25-10-7-20(16-25)5-8-24(9-6-20)14-17-3-2-4-19(21)11-17/h2-4,11-13H,5-10,14-16H2,1H3. The van der Waals surface area contributed by atoms with E-state index in [0.29, 0.717) is 5.41 Å². The Hall–Kier alpha value is -1.72. The van der Waals surface area contributed by atoms with Gasteiger partial charge in [-0.1, -0.05) is 12.1 Å². The predicted octanol–water partition coefficient (Wildman–Crippen LogP) is 3.05. The molecule has 134 valence electrons. The van der Waals surface area contributed by atoms with Crippen molar-refractivity contribution in [3.8, 4) is 0 Å². The molecule has 3 heterocycles. The molecule has 0 saturated carbocycles. The van der Waals surface area contributed by atoms with Gasteiger partial charge in [-0.3, -0.25) is 14.5 Å². The molecule has 1 spiro atoms. The molecule has 4 nitrogen and oxygen atoms in total. The average molecular weight is 342 g/mol. The van der Waals surface area contributed by atoms with Crippen LogP contribution in [-0.4, -0.2) is 45.8 Å². The monoisotopic (exact) mass is 342 g/mol. The molecule has 0 atom stereocenters. The second-order valence-corrected chi connectivity index (χ2v) is 7.89. The fourth-order valence-electron chi connectivity index (χ4n) is 4.46. The molecule has 5 heteroatoms. The number of rotatable bonds is 4. The number of nitrogens with zero attached hydrogens (tertiary/aromatic N) is 4. The molecule has 0 N–H and O–H groups in total. The Morgan fingerprint density at radius 1 is 1.04 bits per heavy atom. The van der Waals surface area contributed by atoms with E-state index < -0.39 is 0 Å². The van der Waals surface area contributed by atoms with Crippen LogP contribution < -0.4 is 0 Å². The van der Waals surface area contributed by atoms with E-state index in [1.165, 1.54) is 44.0 Å². The Labute approximate surface area is 149 Å². The molecule has 1 aromatic heterocycles. The SMILES string of the molecule is Cn1cc(CN2CCC3(CCN(Cc4cccc(F)c4)CC3)C2)cn1. The zero-order chi connectivity index (χ0) is 17.3. The summed E-state index contributed by atoms with van der Waals surface area (Å²) in [6.07, 6.45) is 7.91. The summed E-state index contributed by atoms with van der Waals surface area (Å²) in [5.74, 6) is -0.132. The van der Waals surface area contributed by atoms with Crippen LogP contribution in [-0.2, 0) is 20.1 Å². The van der Waals surface area contributed by atoms with Gasteiger partial charge in [0, 0.05) is 38.4 Å². The van der Waals surface area contributed by atoms with Gasteiger partial charge >= 0.3 is 0 Å². The maximum Gasteiger partial charge on any atom is 0.123 e. The van der Waals surface area contributed by atoms with Crippen LogP contribution in [0.1, 0.15) is 30.4 Å². The minimum Gasteiger partial charge on any atom is -0.299 e. The second-order valence-electron chi connectivity index (χ2n) is 7.89. The van der Waals surface area contributed by atoms with Crippen LogP contribution in [0.15, 0.2) is 36.7 Å². The van der Waals surface area contributed by atoms with Gasteiger partial charge in [-0.2, -0.15) is 5.10 Å². The zero-order valence-electron chi connectivity index (χ0n) is 15.0. The third-order valence-corrected chi connectivity index (χ3v) is 5.89. The molecular weight excluding hydrogens is 315 g/mol. The van der Waals surface area contributed by atoms with Crippen LogP contribution in [0.4, 0.5) is 4.39 Å². The van der Waals surface area contributed by atoms with Crippen LogP contribution in [0.2, 0.25) is 0 Å². The van der Waals surface area contributed by atoms with E-state index in [0.717, 1.165) is 31.7 Å². The summed E-state index contributed by atoms with van der Waals surface area (Å²) in [4.78, 5) is 5.06. The summed E-state index contributed by atoms with van der Waals surface area (Å²) in [6.45, 7) is 6.53. The lowest BCUT2D eigenvalue weighted by Gasteiger charge is -2.39. The van der Waals surface area contributed by atoms with E-state index in [1.54, 1.807) is 6.07 Å². The average Bonchev–Trinajstić information content (AvgIpc) is 3.17. The lowest BCUT2D eigenvalue weighted by Crippen LogP contribution is -2.41. The summed E-state index contributed by atoms with van der Waals surface area (Å²) in [5.41, 5.74) is 2.88.